The monoisotopic (exact) mass is 256 g/mol. The third-order valence-electron chi connectivity index (χ3n) is 2.53. The maximum atomic E-state index is 11.6. The summed E-state index contributed by atoms with van der Waals surface area (Å²) in [6.45, 7) is 2.98. The van der Waals surface area contributed by atoms with E-state index in [-0.39, 0.29) is 43.3 Å². The Labute approximate surface area is 106 Å². The minimum Gasteiger partial charge on any atom is -0.368 e. The number of rotatable bonds is 9. The van der Waals surface area contributed by atoms with E-state index < -0.39 is 11.8 Å². The van der Waals surface area contributed by atoms with Crippen LogP contribution in [0.4, 0.5) is 0 Å². The Hall–Kier alpha value is -1.72. The van der Waals surface area contributed by atoms with Crippen LogP contribution in [0.25, 0.3) is 0 Å². The van der Waals surface area contributed by atoms with Crippen LogP contribution in [0.2, 0.25) is 0 Å². The molecule has 0 fully saturated rings. The molecule has 2 amide bonds. The van der Waals surface area contributed by atoms with E-state index in [1.165, 1.54) is 6.92 Å². The standard InChI is InChI=1S/C12H20N2O4/c1-3-9(12(18)14-7-11(13)17)6-10(16)5-4-8(2)15/h9H,3-7H2,1-2H3,(H2,13,17)(H,14,18). The number of nitrogens with one attached hydrogen (secondary N) is 1. The van der Waals surface area contributed by atoms with Crippen molar-refractivity contribution in [3.63, 3.8) is 0 Å². The predicted molar refractivity (Wildman–Crippen MR) is 65.5 cm³/mol. The molecule has 0 rings (SSSR count). The van der Waals surface area contributed by atoms with E-state index in [0.717, 1.165) is 0 Å². The SMILES string of the molecule is CCC(CC(=O)CCC(C)=O)C(=O)NCC(N)=O. The average molecular weight is 256 g/mol. The number of nitrogens with two attached hydrogens (primary N) is 1. The second kappa shape index (κ2) is 8.38. The maximum absolute atomic E-state index is 11.6. The van der Waals surface area contributed by atoms with Crippen molar-refractivity contribution < 1.29 is 19.2 Å². The van der Waals surface area contributed by atoms with Crippen molar-refractivity contribution in [1.82, 2.24) is 5.32 Å². The summed E-state index contributed by atoms with van der Waals surface area (Å²) in [6, 6.07) is 0. The van der Waals surface area contributed by atoms with Gasteiger partial charge in [0.15, 0.2) is 0 Å². The van der Waals surface area contributed by atoms with E-state index in [1.54, 1.807) is 6.92 Å². The Bertz CT molecular complexity index is 339. The first kappa shape index (κ1) is 16.3. The quantitative estimate of drug-likeness (QED) is 0.602. The summed E-state index contributed by atoms with van der Waals surface area (Å²) >= 11 is 0. The van der Waals surface area contributed by atoms with E-state index in [1.807, 2.05) is 0 Å². The first-order valence-electron chi connectivity index (χ1n) is 5.94. The van der Waals surface area contributed by atoms with Crippen LogP contribution in [0.5, 0.6) is 0 Å². The number of primary amides is 1. The molecule has 1 atom stereocenters. The van der Waals surface area contributed by atoms with E-state index >= 15 is 0 Å². The zero-order chi connectivity index (χ0) is 14.1. The fourth-order valence-electron chi connectivity index (χ4n) is 1.43. The van der Waals surface area contributed by atoms with Gasteiger partial charge in [0, 0.05) is 25.2 Å². The lowest BCUT2D eigenvalue weighted by atomic mass is 9.96. The molecule has 0 bridgehead atoms. The molecule has 0 aromatic carbocycles. The highest BCUT2D eigenvalue weighted by molar-refractivity contribution is 5.90. The average Bonchev–Trinajstić information content (AvgIpc) is 2.30. The van der Waals surface area contributed by atoms with Crippen LogP contribution < -0.4 is 11.1 Å². The van der Waals surface area contributed by atoms with E-state index in [2.05, 4.69) is 5.32 Å². The molecule has 6 nitrogen and oxygen atoms in total. The summed E-state index contributed by atoms with van der Waals surface area (Å²) in [6.07, 6.45) is 0.956. The molecule has 0 aliphatic heterocycles. The summed E-state index contributed by atoms with van der Waals surface area (Å²) < 4.78 is 0. The molecule has 102 valence electrons. The molecule has 1 unspecified atom stereocenters. The molecule has 0 saturated carbocycles. The minimum absolute atomic E-state index is 0.0467. The van der Waals surface area contributed by atoms with Gasteiger partial charge in [-0.3, -0.25) is 14.4 Å². The summed E-state index contributed by atoms with van der Waals surface area (Å²) in [5, 5.41) is 2.37. The Morgan fingerprint density at radius 3 is 2.22 bits per heavy atom. The van der Waals surface area contributed by atoms with Crippen LogP contribution in [-0.4, -0.2) is 29.9 Å². The lowest BCUT2D eigenvalue weighted by Crippen LogP contribution is -2.37. The number of hydrogen-bond acceptors (Lipinski definition) is 4. The van der Waals surface area contributed by atoms with Crippen LogP contribution >= 0.6 is 0 Å². The second-order valence-corrected chi connectivity index (χ2v) is 4.23. The molecule has 0 aromatic rings. The Morgan fingerprint density at radius 1 is 1.17 bits per heavy atom. The first-order valence-corrected chi connectivity index (χ1v) is 5.94. The molecule has 3 N–H and O–H groups in total. The highest BCUT2D eigenvalue weighted by atomic mass is 16.2. The number of hydrogen-bond donors (Lipinski definition) is 2. The van der Waals surface area contributed by atoms with Crippen molar-refractivity contribution in [3.05, 3.63) is 0 Å². The third kappa shape index (κ3) is 7.54. The molecule has 0 aromatic heterocycles. The van der Waals surface area contributed by atoms with Crippen LogP contribution in [0, 0.1) is 5.92 Å². The highest BCUT2D eigenvalue weighted by Gasteiger charge is 2.20. The van der Waals surface area contributed by atoms with Gasteiger partial charge in [-0.15, -0.1) is 0 Å². The van der Waals surface area contributed by atoms with Crippen LogP contribution in [0.15, 0.2) is 0 Å². The predicted octanol–water partition coefficient (Wildman–Crippen LogP) is -0.0575. The van der Waals surface area contributed by atoms with Crippen LogP contribution in [0.3, 0.4) is 0 Å². The lowest BCUT2D eigenvalue weighted by Gasteiger charge is -2.13. The fraction of sp³-hybridized carbons (Fsp3) is 0.667. The first-order chi connectivity index (χ1) is 8.36. The van der Waals surface area contributed by atoms with Crippen molar-refractivity contribution in [2.75, 3.05) is 6.54 Å². The molecule has 0 spiro atoms. The van der Waals surface area contributed by atoms with Crippen molar-refractivity contribution in [1.29, 1.82) is 0 Å². The van der Waals surface area contributed by atoms with Gasteiger partial charge in [0.1, 0.15) is 11.6 Å². The molecule has 18 heavy (non-hydrogen) atoms. The smallest absolute Gasteiger partial charge is 0.236 e. The van der Waals surface area contributed by atoms with Crippen molar-refractivity contribution in [2.45, 2.75) is 39.5 Å². The van der Waals surface area contributed by atoms with Crippen LogP contribution in [0.1, 0.15) is 39.5 Å². The van der Waals surface area contributed by atoms with Gasteiger partial charge in [-0.05, 0) is 13.3 Å². The number of ketones is 2. The number of carbonyl (C=O) groups is 4. The van der Waals surface area contributed by atoms with Crippen molar-refractivity contribution >= 4 is 23.4 Å². The molecule has 6 heteroatoms. The molecule has 0 aliphatic rings. The minimum atomic E-state index is -0.624. The van der Waals surface area contributed by atoms with Gasteiger partial charge in [0.2, 0.25) is 11.8 Å². The molecular formula is C12H20N2O4. The molecule has 0 saturated heterocycles. The lowest BCUT2D eigenvalue weighted by molar-refractivity contribution is -0.131. The Kier molecular flexibility index (Phi) is 7.58. The van der Waals surface area contributed by atoms with E-state index in [9.17, 15) is 19.2 Å². The van der Waals surface area contributed by atoms with Gasteiger partial charge in [-0.1, -0.05) is 6.92 Å². The van der Waals surface area contributed by atoms with Gasteiger partial charge in [-0.25, -0.2) is 0 Å². The number of Topliss-reactive ketones (excluding diaryl/α,β-unsaturated/α-hetero) is 2. The topological polar surface area (TPSA) is 106 Å². The van der Waals surface area contributed by atoms with Crippen molar-refractivity contribution in [3.8, 4) is 0 Å². The van der Waals surface area contributed by atoms with Gasteiger partial charge < -0.3 is 15.8 Å². The normalized spacial score (nSPS) is 11.7. The molecule has 0 heterocycles. The van der Waals surface area contributed by atoms with E-state index in [4.69, 9.17) is 5.73 Å². The summed E-state index contributed by atoms with van der Waals surface area (Å²) in [4.78, 5) is 44.4. The van der Waals surface area contributed by atoms with Gasteiger partial charge in [-0.2, -0.15) is 0 Å². The number of carbonyl (C=O) groups excluding carboxylic acids is 4. The fourth-order valence-corrected chi connectivity index (χ4v) is 1.43. The number of amides is 2. The summed E-state index contributed by atoms with van der Waals surface area (Å²) in [5.74, 6) is -1.61. The third-order valence-corrected chi connectivity index (χ3v) is 2.53. The van der Waals surface area contributed by atoms with Crippen molar-refractivity contribution in [2.24, 2.45) is 11.7 Å². The second-order valence-electron chi connectivity index (χ2n) is 4.23. The van der Waals surface area contributed by atoms with Gasteiger partial charge in [0.05, 0.1) is 6.54 Å². The summed E-state index contributed by atoms with van der Waals surface area (Å²) in [5.41, 5.74) is 4.91. The van der Waals surface area contributed by atoms with Gasteiger partial charge >= 0.3 is 0 Å². The largest absolute Gasteiger partial charge is 0.368 e. The Balaban J connectivity index is 4.16. The summed E-state index contributed by atoms with van der Waals surface area (Å²) in [7, 11) is 0. The van der Waals surface area contributed by atoms with Gasteiger partial charge in [0.25, 0.3) is 0 Å². The van der Waals surface area contributed by atoms with E-state index in [0.29, 0.717) is 6.42 Å². The zero-order valence-corrected chi connectivity index (χ0v) is 10.8. The zero-order valence-electron chi connectivity index (χ0n) is 10.8. The highest BCUT2D eigenvalue weighted by Crippen LogP contribution is 2.11. The van der Waals surface area contributed by atoms with Crippen LogP contribution in [-0.2, 0) is 19.2 Å². The molecule has 0 aliphatic carbocycles. The molecular weight excluding hydrogens is 236 g/mol. The molecule has 0 radical (unpaired) electrons. The maximum Gasteiger partial charge on any atom is 0.236 e. The Morgan fingerprint density at radius 2 is 1.78 bits per heavy atom.